The molecular weight excluding hydrogens is 538 g/mol. The van der Waals surface area contributed by atoms with E-state index in [2.05, 4.69) is 103 Å². The third-order valence-electron chi connectivity index (χ3n) is 7.95. The summed E-state index contributed by atoms with van der Waals surface area (Å²) in [7, 11) is 2.10. The minimum Gasteiger partial charge on any atom is -0.477 e. The van der Waals surface area contributed by atoms with Gasteiger partial charge in [0.2, 0.25) is 0 Å². The van der Waals surface area contributed by atoms with Crippen LogP contribution in [0.15, 0.2) is 48.5 Å². The van der Waals surface area contributed by atoms with Gasteiger partial charge in [0, 0.05) is 30.6 Å². The van der Waals surface area contributed by atoms with Crippen LogP contribution in [0.25, 0.3) is 22.2 Å². The van der Waals surface area contributed by atoms with E-state index in [0.717, 1.165) is 29.5 Å². The summed E-state index contributed by atoms with van der Waals surface area (Å²) in [6.07, 6.45) is 6.09. The first kappa shape index (κ1) is 34.1. The Labute approximate surface area is 261 Å². The second-order valence-corrected chi connectivity index (χ2v) is 16.2. The molecule has 1 heterocycles. The molecule has 2 aromatic carbocycles. The van der Waals surface area contributed by atoms with Gasteiger partial charge in [0.05, 0.1) is 11.4 Å². The monoisotopic (exact) mass is 593 g/mol. The summed E-state index contributed by atoms with van der Waals surface area (Å²) >= 11 is 4.89. The van der Waals surface area contributed by atoms with Crippen LogP contribution in [0.3, 0.4) is 0 Å². The number of benzene rings is 2. The number of carbonyl (C=O) groups is 1. The Morgan fingerprint density at radius 2 is 1.55 bits per heavy atom. The number of esters is 1. The number of carbonyl (C=O) groups excluding carboxylic acids is 1. The van der Waals surface area contributed by atoms with Crippen LogP contribution in [0.1, 0.15) is 107 Å². The molecule has 0 aliphatic rings. The highest BCUT2D eigenvalue weighted by molar-refractivity contribution is 7.81. The number of aromatic nitrogens is 1. The van der Waals surface area contributed by atoms with Crippen LogP contribution in [-0.2, 0) is 23.0 Å². The first-order chi connectivity index (χ1) is 19.3. The van der Waals surface area contributed by atoms with Gasteiger partial charge in [-0.1, -0.05) is 85.6 Å². The number of aryl methyl sites for hydroxylation is 2. The number of hydrogen-bond acceptors (Lipinski definition) is 4. The molecule has 5 heteroatoms. The molecule has 0 fully saturated rings. The Morgan fingerprint density at radius 3 is 2.12 bits per heavy atom. The number of ether oxygens (including phenoxy) is 2. The zero-order chi connectivity index (χ0) is 31.5. The van der Waals surface area contributed by atoms with Crippen molar-refractivity contribution in [3.8, 4) is 17.0 Å². The first-order valence-corrected chi connectivity index (χ1v) is 16.1. The van der Waals surface area contributed by atoms with Gasteiger partial charge >= 0.3 is 5.97 Å². The molecule has 0 bridgehead atoms. The van der Waals surface area contributed by atoms with Crippen molar-refractivity contribution in [1.29, 1.82) is 0 Å². The minimum absolute atomic E-state index is 0.0232. The lowest BCUT2D eigenvalue weighted by Crippen LogP contribution is -2.42. The van der Waals surface area contributed by atoms with Gasteiger partial charge in [0.1, 0.15) is 11.4 Å². The van der Waals surface area contributed by atoms with Gasteiger partial charge in [-0.2, -0.15) is 0 Å². The molecule has 0 saturated carbocycles. The van der Waals surface area contributed by atoms with Crippen molar-refractivity contribution in [2.24, 2.45) is 23.8 Å². The number of unbranched alkanes of at least 4 members (excludes halogenated alkanes) is 2. The predicted octanol–water partition coefficient (Wildman–Crippen LogP) is 10.4. The molecular formula is C37H55NO3S. The maximum atomic E-state index is 13.4. The molecule has 0 saturated heterocycles. The molecule has 42 heavy (non-hydrogen) atoms. The molecule has 1 aromatic heterocycles. The average molecular weight is 594 g/mol. The summed E-state index contributed by atoms with van der Waals surface area (Å²) in [6, 6.07) is 17.4. The Hall–Kier alpha value is -2.40. The second kappa shape index (κ2) is 13.1. The summed E-state index contributed by atoms with van der Waals surface area (Å²) in [5, 5.41) is 1.16. The lowest BCUT2D eigenvalue weighted by molar-refractivity contribution is -0.169. The number of nitrogens with zero attached hydrogens (tertiary/aromatic N) is 1. The fourth-order valence-electron chi connectivity index (χ4n) is 5.89. The quantitative estimate of drug-likeness (QED) is 0.0983. The van der Waals surface area contributed by atoms with Crippen molar-refractivity contribution in [2.45, 2.75) is 118 Å². The van der Waals surface area contributed by atoms with Crippen molar-refractivity contribution in [3.63, 3.8) is 0 Å². The van der Waals surface area contributed by atoms with E-state index in [9.17, 15) is 4.79 Å². The molecule has 0 amide bonds. The van der Waals surface area contributed by atoms with Gasteiger partial charge in [0.25, 0.3) is 0 Å². The van der Waals surface area contributed by atoms with Crippen LogP contribution >= 0.6 is 12.6 Å². The molecule has 0 N–H and O–H groups in total. The zero-order valence-corrected chi connectivity index (χ0v) is 29.0. The highest BCUT2D eigenvalue weighted by Gasteiger charge is 2.40. The molecule has 232 valence electrons. The van der Waals surface area contributed by atoms with E-state index < -0.39 is 10.5 Å². The van der Waals surface area contributed by atoms with E-state index in [-0.39, 0.29) is 22.7 Å². The Kier molecular flexibility index (Phi) is 10.6. The summed E-state index contributed by atoms with van der Waals surface area (Å²) in [5.41, 5.74) is 3.95. The van der Waals surface area contributed by atoms with Gasteiger partial charge in [-0.3, -0.25) is 4.79 Å². The number of thiol groups is 1. The molecule has 2 atom stereocenters. The van der Waals surface area contributed by atoms with Crippen molar-refractivity contribution >= 4 is 29.5 Å². The number of hydrogen-bond donors (Lipinski definition) is 1. The standard InChI is InChI=1S/C37H55NO3S/c1-12-13-14-15-26-16-18-27(19-17-26)31-22-28-20-21-29(23-32(28)38(31)11)40-37(10,42)25-36(8,9)41-33(39)30(35(5,6)7)24-34(2,3)4/h16-23,30,42H,12-15,24-25H2,1-11H3. The molecule has 0 radical (unpaired) electrons. The van der Waals surface area contributed by atoms with Crippen LogP contribution in [-0.4, -0.2) is 21.1 Å². The molecule has 0 aliphatic heterocycles. The predicted molar refractivity (Wildman–Crippen MR) is 181 cm³/mol. The molecule has 3 aromatic rings. The summed E-state index contributed by atoms with van der Waals surface area (Å²) < 4.78 is 14.8. The van der Waals surface area contributed by atoms with E-state index in [0.29, 0.717) is 6.42 Å². The van der Waals surface area contributed by atoms with E-state index in [1.807, 2.05) is 26.8 Å². The molecule has 2 unspecified atom stereocenters. The normalized spacial score (nSPS) is 15.0. The first-order valence-electron chi connectivity index (χ1n) is 15.6. The number of fused-ring (bicyclic) bond motifs is 1. The fourth-order valence-corrected chi connectivity index (χ4v) is 6.37. The van der Waals surface area contributed by atoms with Crippen molar-refractivity contribution < 1.29 is 14.3 Å². The lowest BCUT2D eigenvalue weighted by atomic mass is 9.72. The van der Waals surface area contributed by atoms with Crippen LogP contribution in [0.5, 0.6) is 5.75 Å². The van der Waals surface area contributed by atoms with Crippen LogP contribution in [0.2, 0.25) is 0 Å². The maximum absolute atomic E-state index is 13.4. The van der Waals surface area contributed by atoms with Crippen LogP contribution < -0.4 is 4.74 Å². The Morgan fingerprint density at radius 1 is 0.905 bits per heavy atom. The number of rotatable bonds is 12. The minimum atomic E-state index is -0.847. The average Bonchev–Trinajstić information content (AvgIpc) is 3.16. The van der Waals surface area contributed by atoms with Gasteiger partial charge in [-0.05, 0) is 80.2 Å². The van der Waals surface area contributed by atoms with Gasteiger partial charge < -0.3 is 14.0 Å². The Bertz CT molecular complexity index is 1340. The smallest absolute Gasteiger partial charge is 0.310 e. The van der Waals surface area contributed by atoms with E-state index in [1.165, 1.54) is 36.1 Å². The topological polar surface area (TPSA) is 40.5 Å². The highest BCUT2D eigenvalue weighted by atomic mass is 32.1. The van der Waals surface area contributed by atoms with Crippen molar-refractivity contribution in [3.05, 3.63) is 54.1 Å². The Balaban J connectivity index is 1.74. The molecule has 4 nitrogen and oxygen atoms in total. The fraction of sp³-hybridized carbons (Fsp3) is 0.595. The third-order valence-corrected chi connectivity index (χ3v) is 8.20. The van der Waals surface area contributed by atoms with Gasteiger partial charge in [0.15, 0.2) is 4.93 Å². The lowest BCUT2D eigenvalue weighted by Gasteiger charge is -2.38. The largest absolute Gasteiger partial charge is 0.477 e. The van der Waals surface area contributed by atoms with Gasteiger partial charge in [-0.15, -0.1) is 12.6 Å². The summed E-state index contributed by atoms with van der Waals surface area (Å²) in [6.45, 7) is 20.9. The summed E-state index contributed by atoms with van der Waals surface area (Å²) in [5.74, 6) is 0.384. The van der Waals surface area contributed by atoms with Crippen LogP contribution in [0.4, 0.5) is 0 Å². The third kappa shape index (κ3) is 9.56. The van der Waals surface area contributed by atoms with Crippen molar-refractivity contribution in [2.75, 3.05) is 0 Å². The van der Waals surface area contributed by atoms with E-state index in [1.54, 1.807) is 0 Å². The molecule has 3 rings (SSSR count). The zero-order valence-electron chi connectivity index (χ0n) is 28.1. The molecule has 0 spiro atoms. The van der Waals surface area contributed by atoms with Gasteiger partial charge in [-0.25, -0.2) is 0 Å². The highest BCUT2D eigenvalue weighted by Crippen LogP contribution is 2.39. The molecule has 0 aliphatic carbocycles. The second-order valence-electron chi connectivity index (χ2n) is 15.3. The van der Waals surface area contributed by atoms with E-state index in [4.69, 9.17) is 22.1 Å². The van der Waals surface area contributed by atoms with E-state index >= 15 is 0 Å². The SMILES string of the molecule is CCCCCc1ccc(-c2cc3ccc(OC(C)(S)CC(C)(C)OC(=O)C(CC(C)(C)C)C(C)(C)C)cc3n2C)cc1. The van der Waals surface area contributed by atoms with Crippen LogP contribution in [0, 0.1) is 16.7 Å². The summed E-state index contributed by atoms with van der Waals surface area (Å²) in [4.78, 5) is 12.6. The maximum Gasteiger partial charge on any atom is 0.310 e. The van der Waals surface area contributed by atoms with Crippen molar-refractivity contribution in [1.82, 2.24) is 4.57 Å².